The number of aromatic nitrogens is 1. The molecule has 4 heteroatoms. The summed E-state index contributed by atoms with van der Waals surface area (Å²) in [5, 5.41) is 5.41. The zero-order valence-electron chi connectivity index (χ0n) is 10.8. The first-order valence-corrected chi connectivity index (χ1v) is 6.74. The molecule has 16 heavy (non-hydrogen) atoms. The highest BCUT2D eigenvalue weighted by Gasteiger charge is 2.23. The zero-order valence-corrected chi connectivity index (χ0v) is 11.6. The second-order valence-corrected chi connectivity index (χ2v) is 5.57. The minimum absolute atomic E-state index is 0.347. The number of rotatable bonds is 7. The largest absolute Gasteiger partial charge is 0.319 e. The van der Waals surface area contributed by atoms with E-state index >= 15 is 0 Å². The molecule has 0 radical (unpaired) electrons. The number of hydrogen-bond acceptors (Lipinski definition) is 4. The molecule has 92 valence electrons. The highest BCUT2D eigenvalue weighted by Crippen LogP contribution is 2.21. The third-order valence-corrected chi connectivity index (χ3v) is 3.66. The maximum atomic E-state index is 4.32. The molecule has 3 nitrogen and oxygen atoms in total. The molecule has 1 rings (SSSR count). The zero-order chi connectivity index (χ0) is 12.0. The summed E-state index contributed by atoms with van der Waals surface area (Å²) in [4.78, 5) is 6.68. The van der Waals surface area contributed by atoms with Crippen LogP contribution < -0.4 is 5.32 Å². The topological polar surface area (TPSA) is 28.2 Å². The van der Waals surface area contributed by atoms with Crippen molar-refractivity contribution in [1.82, 2.24) is 15.2 Å². The van der Waals surface area contributed by atoms with Crippen molar-refractivity contribution >= 4 is 11.3 Å². The molecule has 0 aliphatic heterocycles. The van der Waals surface area contributed by atoms with E-state index in [0.717, 1.165) is 19.6 Å². The summed E-state index contributed by atoms with van der Waals surface area (Å²) in [6.45, 7) is 7.70. The summed E-state index contributed by atoms with van der Waals surface area (Å²) < 4.78 is 0. The Kier molecular flexibility index (Phi) is 5.38. The van der Waals surface area contributed by atoms with Crippen molar-refractivity contribution < 1.29 is 0 Å². The third kappa shape index (κ3) is 4.20. The molecule has 0 spiro atoms. The summed E-state index contributed by atoms with van der Waals surface area (Å²) >= 11 is 1.67. The lowest BCUT2D eigenvalue weighted by Crippen LogP contribution is -2.39. The van der Waals surface area contributed by atoms with Gasteiger partial charge in [0, 0.05) is 25.0 Å². The maximum absolute atomic E-state index is 4.32. The average molecular weight is 241 g/mol. The summed E-state index contributed by atoms with van der Waals surface area (Å²) in [6.07, 6.45) is 1.19. The van der Waals surface area contributed by atoms with Gasteiger partial charge in [-0.05, 0) is 25.9 Å². The van der Waals surface area contributed by atoms with Crippen LogP contribution in [0.1, 0.15) is 26.0 Å². The van der Waals surface area contributed by atoms with Gasteiger partial charge in [-0.1, -0.05) is 13.8 Å². The van der Waals surface area contributed by atoms with Crippen molar-refractivity contribution in [3.05, 3.63) is 16.6 Å². The van der Waals surface area contributed by atoms with Crippen LogP contribution in [0, 0.1) is 5.41 Å². The predicted molar refractivity (Wildman–Crippen MR) is 70.8 cm³/mol. The highest BCUT2D eigenvalue weighted by molar-refractivity contribution is 7.07. The Morgan fingerprint density at radius 3 is 2.81 bits per heavy atom. The van der Waals surface area contributed by atoms with Gasteiger partial charge in [-0.3, -0.25) is 4.90 Å². The van der Waals surface area contributed by atoms with Gasteiger partial charge >= 0.3 is 0 Å². The molecule has 0 bridgehead atoms. The lowest BCUT2D eigenvalue weighted by molar-refractivity contribution is 0.177. The van der Waals surface area contributed by atoms with Crippen LogP contribution >= 0.6 is 11.3 Å². The molecular weight excluding hydrogens is 218 g/mol. The lowest BCUT2D eigenvalue weighted by Gasteiger charge is -2.32. The molecule has 0 fully saturated rings. The molecule has 1 aromatic heterocycles. The van der Waals surface area contributed by atoms with Crippen LogP contribution in [0.4, 0.5) is 0 Å². The molecule has 1 N–H and O–H groups in total. The Morgan fingerprint density at radius 2 is 2.31 bits per heavy atom. The van der Waals surface area contributed by atoms with Crippen molar-refractivity contribution in [1.29, 1.82) is 0 Å². The van der Waals surface area contributed by atoms with E-state index in [1.54, 1.807) is 11.3 Å². The van der Waals surface area contributed by atoms with Gasteiger partial charge < -0.3 is 5.32 Å². The average Bonchev–Trinajstić information content (AvgIpc) is 2.70. The van der Waals surface area contributed by atoms with E-state index < -0.39 is 0 Å². The summed E-state index contributed by atoms with van der Waals surface area (Å²) in [5.41, 5.74) is 3.42. The van der Waals surface area contributed by atoms with Crippen LogP contribution in [0.15, 0.2) is 10.9 Å². The fourth-order valence-corrected chi connectivity index (χ4v) is 2.57. The molecule has 1 heterocycles. The third-order valence-electron chi connectivity index (χ3n) is 3.02. The van der Waals surface area contributed by atoms with E-state index in [1.165, 1.54) is 12.1 Å². The van der Waals surface area contributed by atoms with Crippen LogP contribution in [0.3, 0.4) is 0 Å². The Balaban J connectivity index is 2.45. The second-order valence-electron chi connectivity index (χ2n) is 4.85. The van der Waals surface area contributed by atoms with Gasteiger partial charge in [0.15, 0.2) is 0 Å². The van der Waals surface area contributed by atoms with Gasteiger partial charge in [0.2, 0.25) is 0 Å². The fraction of sp³-hybridized carbons (Fsp3) is 0.750. The van der Waals surface area contributed by atoms with E-state index in [1.807, 2.05) is 12.6 Å². The first-order valence-electron chi connectivity index (χ1n) is 5.80. The van der Waals surface area contributed by atoms with Crippen molar-refractivity contribution in [3.63, 3.8) is 0 Å². The molecule has 0 aliphatic rings. The van der Waals surface area contributed by atoms with Gasteiger partial charge in [0.25, 0.3) is 0 Å². The first kappa shape index (κ1) is 13.6. The molecule has 0 aromatic carbocycles. The van der Waals surface area contributed by atoms with Crippen molar-refractivity contribution in [3.8, 4) is 0 Å². The Bertz CT molecular complexity index is 286. The minimum Gasteiger partial charge on any atom is -0.319 e. The molecule has 0 saturated heterocycles. The minimum atomic E-state index is 0.347. The van der Waals surface area contributed by atoms with Gasteiger partial charge in [0.1, 0.15) is 0 Å². The molecule has 0 saturated carbocycles. The van der Waals surface area contributed by atoms with Crippen LogP contribution in [0.25, 0.3) is 0 Å². The summed E-state index contributed by atoms with van der Waals surface area (Å²) in [7, 11) is 4.19. The molecule has 1 atom stereocenters. The monoisotopic (exact) mass is 241 g/mol. The van der Waals surface area contributed by atoms with Gasteiger partial charge in [0.05, 0.1) is 11.2 Å². The Hall–Kier alpha value is -0.450. The van der Waals surface area contributed by atoms with Crippen LogP contribution in [0.5, 0.6) is 0 Å². The first-order chi connectivity index (χ1) is 7.59. The number of nitrogens with zero attached hydrogens (tertiary/aromatic N) is 2. The van der Waals surface area contributed by atoms with Crippen LogP contribution in [-0.2, 0) is 6.54 Å². The number of thiazole rings is 1. The predicted octanol–water partition coefficient (Wildman–Crippen LogP) is 2.21. The summed E-state index contributed by atoms with van der Waals surface area (Å²) in [5.74, 6) is 0. The Labute approximate surface area is 103 Å². The van der Waals surface area contributed by atoms with E-state index in [-0.39, 0.29) is 0 Å². The molecule has 0 aliphatic carbocycles. The highest BCUT2D eigenvalue weighted by atomic mass is 32.1. The molecule has 1 unspecified atom stereocenters. The van der Waals surface area contributed by atoms with E-state index in [0.29, 0.717) is 5.41 Å². The molecule has 0 amide bonds. The van der Waals surface area contributed by atoms with Crippen LogP contribution in [0.2, 0.25) is 0 Å². The SMILES string of the molecule is CCC(C)(CNC)CN(C)Cc1cscn1. The van der Waals surface area contributed by atoms with E-state index in [9.17, 15) is 0 Å². The van der Waals surface area contributed by atoms with Crippen molar-refractivity contribution in [2.45, 2.75) is 26.8 Å². The fourth-order valence-electron chi connectivity index (χ4n) is 2.02. The lowest BCUT2D eigenvalue weighted by atomic mass is 9.87. The summed E-state index contributed by atoms with van der Waals surface area (Å²) in [6, 6.07) is 0. The van der Waals surface area contributed by atoms with E-state index in [4.69, 9.17) is 0 Å². The maximum Gasteiger partial charge on any atom is 0.0795 e. The second kappa shape index (κ2) is 6.33. The van der Waals surface area contributed by atoms with Crippen molar-refractivity contribution in [2.24, 2.45) is 5.41 Å². The van der Waals surface area contributed by atoms with Gasteiger partial charge in [-0.25, -0.2) is 4.98 Å². The normalized spacial score (nSPS) is 15.3. The number of hydrogen-bond donors (Lipinski definition) is 1. The van der Waals surface area contributed by atoms with Gasteiger partial charge in [-0.2, -0.15) is 0 Å². The standard InChI is InChI=1S/C12H23N3S/c1-5-12(2,8-13-3)9-15(4)6-11-7-16-10-14-11/h7,10,13H,5-6,8-9H2,1-4H3. The molecular formula is C12H23N3S. The number of nitrogens with one attached hydrogen (secondary N) is 1. The van der Waals surface area contributed by atoms with Crippen molar-refractivity contribution in [2.75, 3.05) is 27.2 Å². The molecule has 1 aromatic rings. The van der Waals surface area contributed by atoms with Crippen LogP contribution in [-0.4, -0.2) is 37.1 Å². The smallest absolute Gasteiger partial charge is 0.0795 e. The van der Waals surface area contributed by atoms with E-state index in [2.05, 4.69) is 41.5 Å². The quantitative estimate of drug-likeness (QED) is 0.793. The van der Waals surface area contributed by atoms with Gasteiger partial charge in [-0.15, -0.1) is 11.3 Å². The Morgan fingerprint density at radius 1 is 1.56 bits per heavy atom.